The Kier molecular flexibility index (Phi) is 5.13. The first kappa shape index (κ1) is 15.3. The highest BCUT2D eigenvalue weighted by molar-refractivity contribution is 5.83. The van der Waals surface area contributed by atoms with Gasteiger partial charge in [0.25, 0.3) is 0 Å². The lowest BCUT2D eigenvalue weighted by Gasteiger charge is -2.32. The van der Waals surface area contributed by atoms with Crippen LogP contribution in [0.5, 0.6) is 0 Å². The van der Waals surface area contributed by atoms with Gasteiger partial charge in [0, 0.05) is 26.2 Å². The van der Waals surface area contributed by atoms with Gasteiger partial charge in [-0.1, -0.05) is 30.3 Å². The number of carboxylic acid groups (broad SMARTS) is 1. The van der Waals surface area contributed by atoms with E-state index in [1.165, 1.54) is 0 Å². The number of benzene rings is 1. The molecule has 21 heavy (non-hydrogen) atoms. The second-order valence-electron chi connectivity index (χ2n) is 5.06. The van der Waals surface area contributed by atoms with Crippen LogP contribution in [0, 0.1) is 0 Å². The molecule has 2 rings (SSSR count). The van der Waals surface area contributed by atoms with E-state index in [4.69, 9.17) is 0 Å². The number of urea groups is 1. The molecule has 1 heterocycles. The molecule has 1 aliphatic rings. The molecule has 0 aliphatic carbocycles. The fourth-order valence-electron chi connectivity index (χ4n) is 2.16. The van der Waals surface area contributed by atoms with Gasteiger partial charge in [-0.3, -0.25) is 5.43 Å². The zero-order valence-corrected chi connectivity index (χ0v) is 12.0. The first-order chi connectivity index (χ1) is 10.1. The lowest BCUT2D eigenvalue weighted by molar-refractivity contribution is -0.139. The van der Waals surface area contributed by atoms with Crippen LogP contribution in [-0.4, -0.2) is 60.2 Å². The van der Waals surface area contributed by atoms with E-state index in [-0.39, 0.29) is 0 Å². The Balaban J connectivity index is 1.91. The van der Waals surface area contributed by atoms with Crippen molar-refractivity contribution in [2.24, 2.45) is 0 Å². The topological polar surface area (TPSA) is 84.9 Å². The van der Waals surface area contributed by atoms with Gasteiger partial charge in [-0.15, -0.1) is 0 Å². The molecular formula is C14H20N4O3. The van der Waals surface area contributed by atoms with Crippen LogP contribution in [0.25, 0.3) is 0 Å². The summed E-state index contributed by atoms with van der Waals surface area (Å²) in [5.74, 6) is -1.09. The molecule has 2 amide bonds. The zero-order chi connectivity index (χ0) is 15.2. The Morgan fingerprint density at radius 1 is 1.14 bits per heavy atom. The molecule has 3 N–H and O–H groups in total. The van der Waals surface area contributed by atoms with Crippen molar-refractivity contribution in [3.63, 3.8) is 0 Å². The molecule has 1 aromatic rings. The van der Waals surface area contributed by atoms with E-state index in [0.717, 1.165) is 13.1 Å². The van der Waals surface area contributed by atoms with Gasteiger partial charge in [-0.2, -0.15) is 0 Å². The van der Waals surface area contributed by atoms with Crippen molar-refractivity contribution in [1.82, 2.24) is 20.7 Å². The van der Waals surface area contributed by atoms with Crippen molar-refractivity contribution in [3.8, 4) is 0 Å². The SMILES string of the molecule is CN1CCN(NC(=O)NC(C(=O)O)c2ccccc2)CC1. The van der Waals surface area contributed by atoms with Gasteiger partial charge in [-0.25, -0.2) is 14.6 Å². The first-order valence-corrected chi connectivity index (χ1v) is 6.84. The molecule has 114 valence electrons. The largest absolute Gasteiger partial charge is 0.479 e. The highest BCUT2D eigenvalue weighted by Gasteiger charge is 2.23. The van der Waals surface area contributed by atoms with Crippen LogP contribution in [0.1, 0.15) is 11.6 Å². The number of piperazine rings is 1. The molecule has 1 aliphatic heterocycles. The Morgan fingerprint density at radius 2 is 1.76 bits per heavy atom. The van der Waals surface area contributed by atoms with Crippen molar-refractivity contribution in [1.29, 1.82) is 0 Å². The van der Waals surface area contributed by atoms with Gasteiger partial charge in [-0.05, 0) is 12.6 Å². The third kappa shape index (κ3) is 4.44. The summed E-state index contributed by atoms with van der Waals surface area (Å²) in [5, 5.41) is 13.5. The van der Waals surface area contributed by atoms with Crippen LogP contribution in [0.4, 0.5) is 4.79 Å². The number of hydrogen-bond donors (Lipinski definition) is 3. The van der Waals surface area contributed by atoms with Crippen molar-refractivity contribution >= 4 is 12.0 Å². The van der Waals surface area contributed by atoms with Gasteiger partial charge in [0.1, 0.15) is 0 Å². The Morgan fingerprint density at radius 3 is 2.33 bits per heavy atom. The van der Waals surface area contributed by atoms with Crippen LogP contribution in [0.3, 0.4) is 0 Å². The van der Waals surface area contributed by atoms with Gasteiger partial charge in [0.05, 0.1) is 0 Å². The number of hydrazine groups is 1. The van der Waals surface area contributed by atoms with Crippen LogP contribution in [0.2, 0.25) is 0 Å². The van der Waals surface area contributed by atoms with Gasteiger partial charge in [0.15, 0.2) is 6.04 Å². The van der Waals surface area contributed by atoms with E-state index in [0.29, 0.717) is 18.7 Å². The maximum atomic E-state index is 11.9. The maximum absolute atomic E-state index is 11.9. The molecule has 1 saturated heterocycles. The summed E-state index contributed by atoms with van der Waals surface area (Å²) in [6.07, 6.45) is 0. The number of hydrogen-bond acceptors (Lipinski definition) is 4. The maximum Gasteiger partial charge on any atom is 0.330 e. The molecule has 0 saturated carbocycles. The first-order valence-electron chi connectivity index (χ1n) is 6.84. The highest BCUT2D eigenvalue weighted by atomic mass is 16.4. The fourth-order valence-corrected chi connectivity index (χ4v) is 2.16. The standard InChI is InChI=1S/C14H20N4O3/c1-17-7-9-18(10-8-17)16-14(21)15-12(13(19)20)11-5-3-2-4-6-11/h2-6,12H,7-10H2,1H3,(H,19,20)(H2,15,16,21). The second kappa shape index (κ2) is 7.05. The minimum atomic E-state index is -1.09. The third-order valence-corrected chi connectivity index (χ3v) is 3.42. The molecule has 0 aromatic heterocycles. The molecule has 1 atom stereocenters. The summed E-state index contributed by atoms with van der Waals surface area (Å²) in [4.78, 5) is 25.4. The molecule has 1 fully saturated rings. The van der Waals surface area contributed by atoms with Crippen LogP contribution in [0.15, 0.2) is 30.3 Å². The number of aliphatic carboxylic acids is 1. The number of likely N-dealkylation sites (N-methyl/N-ethyl adjacent to an activating group) is 1. The molecular weight excluding hydrogens is 272 g/mol. The fraction of sp³-hybridized carbons (Fsp3) is 0.429. The van der Waals surface area contributed by atoms with Gasteiger partial charge >= 0.3 is 12.0 Å². The average molecular weight is 292 g/mol. The molecule has 1 aromatic carbocycles. The molecule has 7 heteroatoms. The molecule has 7 nitrogen and oxygen atoms in total. The van der Waals surface area contributed by atoms with Crippen molar-refractivity contribution < 1.29 is 14.7 Å². The monoisotopic (exact) mass is 292 g/mol. The Hall–Kier alpha value is -2.12. The number of carbonyl (C=O) groups is 2. The summed E-state index contributed by atoms with van der Waals surface area (Å²) >= 11 is 0. The smallest absolute Gasteiger partial charge is 0.330 e. The molecule has 0 radical (unpaired) electrons. The van der Waals surface area contributed by atoms with E-state index in [1.54, 1.807) is 35.3 Å². The highest BCUT2D eigenvalue weighted by Crippen LogP contribution is 2.12. The number of carbonyl (C=O) groups excluding carboxylic acids is 1. The average Bonchev–Trinajstić information content (AvgIpc) is 2.48. The molecule has 0 spiro atoms. The number of rotatable bonds is 4. The van der Waals surface area contributed by atoms with Crippen LogP contribution >= 0.6 is 0 Å². The lowest BCUT2D eigenvalue weighted by atomic mass is 10.1. The van der Waals surface area contributed by atoms with Crippen LogP contribution in [-0.2, 0) is 4.79 Å². The van der Waals surface area contributed by atoms with Crippen molar-refractivity contribution in [2.45, 2.75) is 6.04 Å². The summed E-state index contributed by atoms with van der Waals surface area (Å²) in [6.45, 7) is 3.16. The summed E-state index contributed by atoms with van der Waals surface area (Å²) in [6, 6.07) is 7.07. The van der Waals surface area contributed by atoms with Gasteiger partial charge < -0.3 is 15.3 Å². The minimum absolute atomic E-state index is 0.504. The van der Waals surface area contributed by atoms with E-state index < -0.39 is 18.0 Å². The Labute approximate surface area is 123 Å². The van der Waals surface area contributed by atoms with Crippen molar-refractivity contribution in [3.05, 3.63) is 35.9 Å². The van der Waals surface area contributed by atoms with Gasteiger partial charge in [0.2, 0.25) is 0 Å². The lowest BCUT2D eigenvalue weighted by Crippen LogP contribution is -2.55. The Bertz CT molecular complexity index is 486. The number of nitrogens with one attached hydrogen (secondary N) is 2. The third-order valence-electron chi connectivity index (χ3n) is 3.42. The van der Waals surface area contributed by atoms with Crippen LogP contribution < -0.4 is 10.7 Å². The molecule has 0 bridgehead atoms. The second-order valence-corrected chi connectivity index (χ2v) is 5.06. The number of carboxylic acids is 1. The quantitative estimate of drug-likeness (QED) is 0.742. The van der Waals surface area contributed by atoms with E-state index in [9.17, 15) is 14.7 Å². The normalized spacial score (nSPS) is 18.0. The predicted molar refractivity (Wildman–Crippen MR) is 77.6 cm³/mol. The van der Waals surface area contributed by atoms with E-state index >= 15 is 0 Å². The summed E-state index contributed by atoms with van der Waals surface area (Å²) in [7, 11) is 2.02. The van der Waals surface area contributed by atoms with E-state index in [2.05, 4.69) is 15.6 Å². The predicted octanol–water partition coefficient (Wildman–Crippen LogP) is 0.274. The zero-order valence-electron chi connectivity index (χ0n) is 12.0. The number of amides is 2. The minimum Gasteiger partial charge on any atom is -0.479 e. The van der Waals surface area contributed by atoms with E-state index in [1.807, 2.05) is 7.05 Å². The molecule has 1 unspecified atom stereocenters. The summed E-state index contributed by atoms with van der Waals surface area (Å²) in [5.41, 5.74) is 3.23. The summed E-state index contributed by atoms with van der Waals surface area (Å²) < 4.78 is 0. The number of nitrogens with zero attached hydrogens (tertiary/aromatic N) is 2. The van der Waals surface area contributed by atoms with Crippen molar-refractivity contribution in [2.75, 3.05) is 33.2 Å².